The number of nitrogens with one attached hydrogen (secondary N) is 1. The number of anilines is 1. The number of benzene rings is 2. The zero-order chi connectivity index (χ0) is 20.8. The Morgan fingerprint density at radius 2 is 1.97 bits per heavy atom. The van der Waals surface area contributed by atoms with E-state index in [0.29, 0.717) is 0 Å². The predicted octanol–water partition coefficient (Wildman–Crippen LogP) is 4.61. The molecule has 0 bridgehead atoms. The molecule has 1 fully saturated rings. The molecule has 154 valence electrons. The molecule has 0 aliphatic carbocycles. The second-order valence-corrected chi connectivity index (χ2v) is 7.70. The summed E-state index contributed by atoms with van der Waals surface area (Å²) >= 11 is 0. The molecule has 1 aliphatic heterocycles. The number of rotatable bonds is 6. The Kier molecular flexibility index (Phi) is 6.40. The molecule has 0 radical (unpaired) electrons. The maximum absolute atomic E-state index is 13.1. The standard InChI is InChI=1S/C25H27N3O2/c1-30-22-12-10-20(11-13-22)23-8-2-3-9-24(23)27-25(29)21-7-5-15-28(18-21)17-19-6-4-14-26-16-19/h2-4,6,8-14,16,21H,5,7,15,17-18H2,1H3,(H,27,29)/t21-/m1/s1. The van der Waals surface area contributed by atoms with Crippen LogP contribution in [0.3, 0.4) is 0 Å². The zero-order valence-electron chi connectivity index (χ0n) is 17.3. The second kappa shape index (κ2) is 9.55. The third-order valence-corrected chi connectivity index (χ3v) is 5.59. The Hall–Kier alpha value is -3.18. The van der Waals surface area contributed by atoms with E-state index >= 15 is 0 Å². The summed E-state index contributed by atoms with van der Waals surface area (Å²) in [6, 6.07) is 19.9. The highest BCUT2D eigenvalue weighted by Gasteiger charge is 2.26. The van der Waals surface area contributed by atoms with E-state index in [1.54, 1.807) is 13.3 Å². The molecule has 2 heterocycles. The molecule has 0 saturated carbocycles. The van der Waals surface area contributed by atoms with Crippen LogP contribution in [-0.2, 0) is 11.3 Å². The van der Waals surface area contributed by atoms with Crippen LogP contribution in [0, 0.1) is 5.92 Å². The SMILES string of the molecule is COc1ccc(-c2ccccc2NC(=O)[C@@H]2CCCN(Cc3cccnc3)C2)cc1. The van der Waals surface area contributed by atoms with E-state index in [1.807, 2.05) is 60.8 Å². The number of hydrogen-bond donors (Lipinski definition) is 1. The lowest BCUT2D eigenvalue weighted by Crippen LogP contribution is -2.40. The maximum atomic E-state index is 13.1. The van der Waals surface area contributed by atoms with Gasteiger partial charge in [0.05, 0.1) is 13.0 Å². The Bertz CT molecular complexity index is 973. The Labute approximate surface area is 177 Å². The third-order valence-electron chi connectivity index (χ3n) is 5.59. The highest BCUT2D eigenvalue weighted by molar-refractivity contribution is 5.97. The first-order valence-electron chi connectivity index (χ1n) is 10.4. The summed E-state index contributed by atoms with van der Waals surface area (Å²) in [7, 11) is 1.66. The smallest absolute Gasteiger partial charge is 0.228 e. The molecule has 1 N–H and O–H groups in total. The van der Waals surface area contributed by atoms with Gasteiger partial charge in [0.15, 0.2) is 0 Å². The summed E-state index contributed by atoms with van der Waals surface area (Å²) in [4.78, 5) is 19.6. The fraction of sp³-hybridized carbons (Fsp3) is 0.280. The molecule has 1 amide bonds. The molecule has 30 heavy (non-hydrogen) atoms. The van der Waals surface area contributed by atoms with Crippen molar-refractivity contribution in [2.75, 3.05) is 25.5 Å². The van der Waals surface area contributed by atoms with Gasteiger partial charge in [-0.1, -0.05) is 36.4 Å². The van der Waals surface area contributed by atoms with Crippen molar-refractivity contribution in [1.82, 2.24) is 9.88 Å². The van der Waals surface area contributed by atoms with Crippen molar-refractivity contribution in [1.29, 1.82) is 0 Å². The van der Waals surface area contributed by atoms with Crippen LogP contribution in [0.1, 0.15) is 18.4 Å². The molecule has 5 heteroatoms. The average Bonchev–Trinajstić information content (AvgIpc) is 2.80. The van der Waals surface area contributed by atoms with Crippen LogP contribution in [0.5, 0.6) is 5.75 Å². The quantitative estimate of drug-likeness (QED) is 0.655. The molecule has 2 aromatic carbocycles. The molecule has 0 spiro atoms. The lowest BCUT2D eigenvalue weighted by atomic mass is 9.96. The van der Waals surface area contributed by atoms with Crippen molar-refractivity contribution in [3.05, 3.63) is 78.6 Å². The zero-order valence-corrected chi connectivity index (χ0v) is 17.3. The molecule has 3 aromatic rings. The van der Waals surface area contributed by atoms with Crippen LogP contribution >= 0.6 is 0 Å². The fourth-order valence-electron chi connectivity index (χ4n) is 4.01. The molecule has 0 unspecified atom stereocenters. The van der Waals surface area contributed by atoms with Gasteiger partial charge < -0.3 is 10.1 Å². The minimum Gasteiger partial charge on any atom is -0.497 e. The minimum absolute atomic E-state index is 0.0145. The fourth-order valence-corrected chi connectivity index (χ4v) is 4.01. The van der Waals surface area contributed by atoms with Gasteiger partial charge in [-0.05, 0) is 54.8 Å². The Morgan fingerprint density at radius 1 is 1.13 bits per heavy atom. The van der Waals surface area contributed by atoms with Gasteiger partial charge in [-0.15, -0.1) is 0 Å². The van der Waals surface area contributed by atoms with E-state index < -0.39 is 0 Å². The first-order valence-corrected chi connectivity index (χ1v) is 10.4. The molecule has 1 aliphatic rings. The summed E-state index contributed by atoms with van der Waals surface area (Å²) in [6.07, 6.45) is 5.63. The van der Waals surface area contributed by atoms with Crippen LogP contribution in [0.4, 0.5) is 5.69 Å². The number of nitrogens with zero attached hydrogens (tertiary/aromatic N) is 2. The highest BCUT2D eigenvalue weighted by Crippen LogP contribution is 2.30. The lowest BCUT2D eigenvalue weighted by Gasteiger charge is -2.32. The van der Waals surface area contributed by atoms with Gasteiger partial charge in [0.2, 0.25) is 5.91 Å². The Morgan fingerprint density at radius 3 is 2.73 bits per heavy atom. The van der Waals surface area contributed by atoms with Crippen LogP contribution in [0.15, 0.2) is 73.1 Å². The number of ether oxygens (including phenoxy) is 1. The monoisotopic (exact) mass is 401 g/mol. The van der Waals surface area contributed by atoms with E-state index in [4.69, 9.17) is 4.74 Å². The first kappa shape index (κ1) is 20.1. The minimum atomic E-state index is -0.0145. The van der Waals surface area contributed by atoms with Gasteiger partial charge in [-0.3, -0.25) is 14.7 Å². The third kappa shape index (κ3) is 4.86. The summed E-state index contributed by atoms with van der Waals surface area (Å²) < 4.78 is 5.25. The summed E-state index contributed by atoms with van der Waals surface area (Å²) in [5.41, 5.74) is 4.09. The number of piperidine rings is 1. The van der Waals surface area contributed by atoms with E-state index in [2.05, 4.69) is 21.3 Å². The lowest BCUT2D eigenvalue weighted by molar-refractivity contribution is -0.121. The number of carbonyl (C=O) groups is 1. The van der Waals surface area contributed by atoms with Crippen molar-refractivity contribution in [2.24, 2.45) is 5.92 Å². The molecule has 4 rings (SSSR count). The van der Waals surface area contributed by atoms with Gasteiger partial charge in [-0.2, -0.15) is 0 Å². The number of para-hydroxylation sites is 1. The topological polar surface area (TPSA) is 54.5 Å². The van der Waals surface area contributed by atoms with Crippen LogP contribution in [-0.4, -0.2) is 36.0 Å². The van der Waals surface area contributed by atoms with E-state index in [9.17, 15) is 4.79 Å². The van der Waals surface area contributed by atoms with Gasteiger partial charge in [0.1, 0.15) is 5.75 Å². The van der Waals surface area contributed by atoms with E-state index in [0.717, 1.165) is 55.0 Å². The van der Waals surface area contributed by atoms with E-state index in [1.165, 1.54) is 5.56 Å². The summed E-state index contributed by atoms with van der Waals surface area (Å²) in [5.74, 6) is 0.891. The molecule has 1 atom stereocenters. The number of hydrogen-bond acceptors (Lipinski definition) is 4. The molecular formula is C25H27N3O2. The van der Waals surface area contributed by atoms with E-state index in [-0.39, 0.29) is 11.8 Å². The van der Waals surface area contributed by atoms with Crippen LogP contribution < -0.4 is 10.1 Å². The molecule has 5 nitrogen and oxygen atoms in total. The van der Waals surface area contributed by atoms with Crippen molar-refractivity contribution in [3.63, 3.8) is 0 Å². The van der Waals surface area contributed by atoms with Gasteiger partial charge >= 0.3 is 0 Å². The van der Waals surface area contributed by atoms with Gasteiger partial charge in [0.25, 0.3) is 0 Å². The van der Waals surface area contributed by atoms with Crippen molar-refractivity contribution in [2.45, 2.75) is 19.4 Å². The molecular weight excluding hydrogens is 374 g/mol. The number of likely N-dealkylation sites (tertiary alicyclic amines) is 1. The predicted molar refractivity (Wildman–Crippen MR) is 119 cm³/mol. The van der Waals surface area contributed by atoms with Gasteiger partial charge in [-0.25, -0.2) is 0 Å². The maximum Gasteiger partial charge on any atom is 0.228 e. The van der Waals surface area contributed by atoms with Crippen LogP contribution in [0.2, 0.25) is 0 Å². The second-order valence-electron chi connectivity index (χ2n) is 7.70. The summed E-state index contributed by atoms with van der Waals surface area (Å²) in [6.45, 7) is 2.62. The largest absolute Gasteiger partial charge is 0.497 e. The Balaban J connectivity index is 1.44. The average molecular weight is 402 g/mol. The van der Waals surface area contributed by atoms with Crippen LogP contribution in [0.25, 0.3) is 11.1 Å². The molecule has 1 aromatic heterocycles. The van der Waals surface area contributed by atoms with Crippen molar-refractivity contribution in [3.8, 4) is 16.9 Å². The van der Waals surface area contributed by atoms with Crippen molar-refractivity contribution < 1.29 is 9.53 Å². The number of amides is 1. The first-order chi connectivity index (χ1) is 14.7. The normalized spacial score (nSPS) is 16.8. The number of methoxy groups -OCH3 is 1. The highest BCUT2D eigenvalue weighted by atomic mass is 16.5. The summed E-state index contributed by atoms with van der Waals surface area (Å²) in [5, 5.41) is 3.18. The number of carbonyl (C=O) groups excluding carboxylic acids is 1. The number of pyridine rings is 1. The molecule has 1 saturated heterocycles. The number of aromatic nitrogens is 1. The van der Waals surface area contributed by atoms with Gasteiger partial charge in [0, 0.05) is 36.7 Å². The van der Waals surface area contributed by atoms with Crippen molar-refractivity contribution >= 4 is 11.6 Å².